The van der Waals surface area contributed by atoms with E-state index in [0.29, 0.717) is 5.56 Å². The minimum atomic E-state index is 0.202. The van der Waals surface area contributed by atoms with Gasteiger partial charge in [-0.3, -0.25) is 0 Å². The third-order valence-electron chi connectivity index (χ3n) is 2.84. The standard InChI is InChI=1S/C15H12Br2N2/c1-10(11-2-5-13(16)6-3-11)19-14-7-4-12(9-18)15(17)8-14/h2-8,10,19H,1H3. The van der Waals surface area contributed by atoms with Crippen LogP contribution in [0.15, 0.2) is 51.4 Å². The molecule has 0 saturated carbocycles. The summed E-state index contributed by atoms with van der Waals surface area (Å²) in [5, 5.41) is 12.3. The van der Waals surface area contributed by atoms with Crippen molar-refractivity contribution >= 4 is 37.5 Å². The summed E-state index contributed by atoms with van der Waals surface area (Å²) in [7, 11) is 0. The van der Waals surface area contributed by atoms with Crippen LogP contribution in [0.25, 0.3) is 0 Å². The molecule has 0 aliphatic rings. The molecule has 1 unspecified atom stereocenters. The Morgan fingerprint density at radius 3 is 2.37 bits per heavy atom. The molecule has 0 aliphatic heterocycles. The Balaban J connectivity index is 2.15. The van der Waals surface area contributed by atoms with Crippen LogP contribution in [-0.4, -0.2) is 0 Å². The van der Waals surface area contributed by atoms with Gasteiger partial charge in [-0.1, -0.05) is 28.1 Å². The Bertz CT molecular complexity index is 615. The fraction of sp³-hybridized carbons (Fsp3) is 0.133. The summed E-state index contributed by atoms with van der Waals surface area (Å²) < 4.78 is 1.88. The highest BCUT2D eigenvalue weighted by atomic mass is 79.9. The molecule has 19 heavy (non-hydrogen) atoms. The molecule has 2 nitrogen and oxygen atoms in total. The van der Waals surface area contributed by atoms with Gasteiger partial charge in [-0.15, -0.1) is 0 Å². The summed E-state index contributed by atoms with van der Waals surface area (Å²) in [6.45, 7) is 2.11. The van der Waals surface area contributed by atoms with Crippen LogP contribution in [0.4, 0.5) is 5.69 Å². The molecule has 0 radical (unpaired) electrons. The van der Waals surface area contributed by atoms with E-state index in [0.717, 1.165) is 14.6 Å². The maximum Gasteiger partial charge on any atom is 0.100 e. The number of nitriles is 1. The first-order valence-corrected chi connectivity index (χ1v) is 7.40. The normalized spacial score (nSPS) is 11.7. The van der Waals surface area contributed by atoms with Gasteiger partial charge in [0.25, 0.3) is 0 Å². The highest BCUT2D eigenvalue weighted by molar-refractivity contribution is 9.10. The number of halogens is 2. The SMILES string of the molecule is CC(Nc1ccc(C#N)c(Br)c1)c1ccc(Br)cc1. The first-order chi connectivity index (χ1) is 9.10. The predicted molar refractivity (Wildman–Crippen MR) is 85.0 cm³/mol. The van der Waals surface area contributed by atoms with Gasteiger partial charge >= 0.3 is 0 Å². The van der Waals surface area contributed by atoms with Crippen molar-refractivity contribution in [2.75, 3.05) is 5.32 Å². The number of rotatable bonds is 3. The Morgan fingerprint density at radius 1 is 1.11 bits per heavy atom. The van der Waals surface area contributed by atoms with Gasteiger partial charge < -0.3 is 5.32 Å². The van der Waals surface area contributed by atoms with Gasteiger partial charge in [0, 0.05) is 20.7 Å². The highest BCUT2D eigenvalue weighted by Crippen LogP contribution is 2.25. The lowest BCUT2D eigenvalue weighted by Gasteiger charge is -2.16. The third-order valence-corrected chi connectivity index (χ3v) is 4.03. The second-order valence-corrected chi connectivity index (χ2v) is 5.99. The molecular formula is C15H12Br2N2. The van der Waals surface area contributed by atoms with Crippen LogP contribution >= 0.6 is 31.9 Å². The summed E-state index contributed by atoms with van der Waals surface area (Å²) >= 11 is 6.82. The lowest BCUT2D eigenvalue weighted by Crippen LogP contribution is -2.06. The smallest absolute Gasteiger partial charge is 0.100 e. The molecular weight excluding hydrogens is 368 g/mol. The summed E-state index contributed by atoms with van der Waals surface area (Å²) in [6, 6.07) is 16.2. The number of benzene rings is 2. The van der Waals surface area contributed by atoms with E-state index < -0.39 is 0 Å². The molecule has 0 heterocycles. The van der Waals surface area contributed by atoms with E-state index in [2.05, 4.69) is 62.3 Å². The Morgan fingerprint density at radius 2 is 1.79 bits per heavy atom. The molecule has 1 N–H and O–H groups in total. The summed E-state index contributed by atoms with van der Waals surface area (Å²) in [6.07, 6.45) is 0. The lowest BCUT2D eigenvalue weighted by atomic mass is 10.1. The quantitative estimate of drug-likeness (QED) is 0.789. The highest BCUT2D eigenvalue weighted by Gasteiger charge is 2.06. The fourth-order valence-corrected chi connectivity index (χ4v) is 2.51. The predicted octanol–water partition coefficient (Wildman–Crippen LogP) is 5.26. The van der Waals surface area contributed by atoms with Crippen molar-refractivity contribution in [1.29, 1.82) is 5.26 Å². The summed E-state index contributed by atoms with van der Waals surface area (Å²) in [4.78, 5) is 0. The third kappa shape index (κ3) is 3.59. The summed E-state index contributed by atoms with van der Waals surface area (Å²) in [5.74, 6) is 0. The van der Waals surface area contributed by atoms with Crippen molar-refractivity contribution in [2.24, 2.45) is 0 Å². The van der Waals surface area contributed by atoms with Gasteiger partial charge in [0.2, 0.25) is 0 Å². The fourth-order valence-electron chi connectivity index (χ4n) is 1.78. The van der Waals surface area contributed by atoms with Gasteiger partial charge in [0.1, 0.15) is 6.07 Å². The average Bonchev–Trinajstić information content (AvgIpc) is 2.39. The van der Waals surface area contributed by atoms with Crippen LogP contribution in [0, 0.1) is 11.3 Å². The monoisotopic (exact) mass is 378 g/mol. The van der Waals surface area contributed by atoms with E-state index in [9.17, 15) is 0 Å². The van der Waals surface area contributed by atoms with Gasteiger partial charge in [0.15, 0.2) is 0 Å². The van der Waals surface area contributed by atoms with Crippen LogP contribution in [0.5, 0.6) is 0 Å². The number of hydrogen-bond donors (Lipinski definition) is 1. The van der Waals surface area contributed by atoms with Crippen molar-refractivity contribution in [1.82, 2.24) is 0 Å². The second-order valence-electron chi connectivity index (χ2n) is 4.22. The number of hydrogen-bond acceptors (Lipinski definition) is 2. The van der Waals surface area contributed by atoms with Crippen LogP contribution in [0.2, 0.25) is 0 Å². The van der Waals surface area contributed by atoms with E-state index in [4.69, 9.17) is 5.26 Å². The van der Waals surface area contributed by atoms with E-state index in [-0.39, 0.29) is 6.04 Å². The second kappa shape index (κ2) is 6.23. The molecule has 0 saturated heterocycles. The van der Waals surface area contributed by atoms with E-state index in [1.54, 1.807) is 6.07 Å². The zero-order valence-corrected chi connectivity index (χ0v) is 13.5. The number of anilines is 1. The molecule has 96 valence electrons. The van der Waals surface area contributed by atoms with Gasteiger partial charge in [0.05, 0.1) is 5.56 Å². The van der Waals surface area contributed by atoms with Gasteiger partial charge in [-0.2, -0.15) is 5.26 Å². The van der Waals surface area contributed by atoms with Crippen LogP contribution in [-0.2, 0) is 0 Å². The number of nitrogens with one attached hydrogen (secondary N) is 1. The molecule has 2 aromatic carbocycles. The van der Waals surface area contributed by atoms with Crippen LogP contribution in [0.3, 0.4) is 0 Å². The topological polar surface area (TPSA) is 35.8 Å². The molecule has 0 bridgehead atoms. The Labute approximate surface area is 129 Å². The van der Waals surface area contributed by atoms with Crippen molar-refractivity contribution in [3.05, 3.63) is 62.5 Å². The average molecular weight is 380 g/mol. The Kier molecular flexibility index (Phi) is 4.62. The van der Waals surface area contributed by atoms with Crippen molar-refractivity contribution in [3.63, 3.8) is 0 Å². The molecule has 2 aromatic rings. The molecule has 0 aliphatic carbocycles. The van der Waals surface area contributed by atoms with Crippen molar-refractivity contribution < 1.29 is 0 Å². The molecule has 0 fully saturated rings. The zero-order valence-electron chi connectivity index (χ0n) is 10.3. The maximum absolute atomic E-state index is 8.89. The maximum atomic E-state index is 8.89. The first-order valence-electron chi connectivity index (χ1n) is 5.82. The molecule has 4 heteroatoms. The molecule has 0 spiro atoms. The molecule has 1 atom stereocenters. The van der Waals surface area contributed by atoms with E-state index in [1.807, 2.05) is 24.3 Å². The number of nitrogens with zero attached hydrogens (tertiary/aromatic N) is 1. The van der Waals surface area contributed by atoms with Gasteiger partial charge in [-0.25, -0.2) is 0 Å². The van der Waals surface area contributed by atoms with Crippen molar-refractivity contribution in [3.8, 4) is 6.07 Å². The molecule has 0 amide bonds. The minimum absolute atomic E-state index is 0.202. The molecule has 0 aromatic heterocycles. The Hall–Kier alpha value is -1.31. The minimum Gasteiger partial charge on any atom is -0.378 e. The van der Waals surface area contributed by atoms with E-state index >= 15 is 0 Å². The van der Waals surface area contributed by atoms with E-state index in [1.165, 1.54) is 5.56 Å². The van der Waals surface area contributed by atoms with Crippen LogP contribution < -0.4 is 5.32 Å². The zero-order chi connectivity index (χ0) is 13.8. The van der Waals surface area contributed by atoms with Crippen LogP contribution in [0.1, 0.15) is 24.1 Å². The van der Waals surface area contributed by atoms with Crippen molar-refractivity contribution in [2.45, 2.75) is 13.0 Å². The molecule has 2 rings (SSSR count). The first kappa shape index (κ1) is 14.1. The largest absolute Gasteiger partial charge is 0.378 e. The lowest BCUT2D eigenvalue weighted by molar-refractivity contribution is 0.884. The summed E-state index contributed by atoms with van der Waals surface area (Å²) in [5.41, 5.74) is 2.84. The van der Waals surface area contributed by atoms with Gasteiger partial charge in [-0.05, 0) is 58.7 Å².